The molecule has 0 spiro atoms. The molecule has 1 amide bonds. The van der Waals surface area contributed by atoms with Crippen LogP contribution in [-0.4, -0.2) is 29.6 Å². The number of nitrogens with zero attached hydrogens (tertiary/aromatic N) is 1. The zero-order valence-corrected chi connectivity index (χ0v) is 13.5. The van der Waals surface area contributed by atoms with E-state index in [2.05, 4.69) is 5.32 Å². The number of carbonyl (C=O) groups is 2. The molecule has 0 aliphatic carbocycles. The predicted molar refractivity (Wildman–Crippen MR) is 90.5 cm³/mol. The Hall–Kier alpha value is -3.17. The Morgan fingerprint density at radius 3 is 2.48 bits per heavy atom. The third kappa shape index (κ3) is 5.75. The van der Waals surface area contributed by atoms with Crippen LogP contribution in [0, 0.1) is 11.3 Å². The number of benzene rings is 2. The number of hydrogen-bond acceptors (Lipinski definition) is 4. The monoisotopic (exact) mass is 338 g/mol. The maximum absolute atomic E-state index is 11.9. The Kier molecular flexibility index (Phi) is 6.69. The SMILES string of the molecule is N#Cc1ccccc1C[C@@H](NC(=O)COCc1ccccc1)C(=O)O. The lowest BCUT2D eigenvalue weighted by atomic mass is 10.0. The van der Waals surface area contributed by atoms with Crippen LogP contribution in [0.1, 0.15) is 16.7 Å². The number of nitriles is 1. The summed E-state index contributed by atoms with van der Waals surface area (Å²) in [6.07, 6.45) is 0.0312. The van der Waals surface area contributed by atoms with Gasteiger partial charge < -0.3 is 15.2 Å². The molecule has 0 bridgehead atoms. The van der Waals surface area contributed by atoms with Crippen LogP contribution >= 0.6 is 0 Å². The topological polar surface area (TPSA) is 99.4 Å². The zero-order valence-electron chi connectivity index (χ0n) is 13.5. The van der Waals surface area contributed by atoms with Crippen LogP contribution in [0.4, 0.5) is 0 Å². The van der Waals surface area contributed by atoms with Gasteiger partial charge >= 0.3 is 5.97 Å². The number of carbonyl (C=O) groups excluding carboxylic acids is 1. The highest BCUT2D eigenvalue weighted by Gasteiger charge is 2.21. The molecule has 1 atom stereocenters. The van der Waals surface area contributed by atoms with Crippen molar-refractivity contribution in [2.24, 2.45) is 0 Å². The van der Waals surface area contributed by atoms with Crippen LogP contribution in [0.3, 0.4) is 0 Å². The van der Waals surface area contributed by atoms with Crippen LogP contribution in [-0.2, 0) is 27.4 Å². The van der Waals surface area contributed by atoms with Gasteiger partial charge in [0.05, 0.1) is 18.2 Å². The van der Waals surface area contributed by atoms with Crippen molar-refractivity contribution in [3.63, 3.8) is 0 Å². The van der Waals surface area contributed by atoms with E-state index in [1.54, 1.807) is 24.3 Å². The first-order chi connectivity index (χ1) is 12.1. The summed E-state index contributed by atoms with van der Waals surface area (Å²) in [4.78, 5) is 23.3. The number of amides is 1. The van der Waals surface area contributed by atoms with Crippen LogP contribution < -0.4 is 5.32 Å². The van der Waals surface area contributed by atoms with Gasteiger partial charge in [-0.05, 0) is 17.2 Å². The minimum atomic E-state index is -1.16. The normalized spacial score (nSPS) is 11.3. The van der Waals surface area contributed by atoms with Crippen LogP contribution in [0.2, 0.25) is 0 Å². The molecular weight excluding hydrogens is 320 g/mol. The summed E-state index contributed by atoms with van der Waals surface area (Å²) >= 11 is 0. The molecule has 0 unspecified atom stereocenters. The van der Waals surface area contributed by atoms with Crippen molar-refractivity contribution in [2.75, 3.05) is 6.61 Å². The fourth-order valence-corrected chi connectivity index (χ4v) is 2.30. The van der Waals surface area contributed by atoms with Crippen molar-refractivity contribution in [3.05, 3.63) is 71.3 Å². The van der Waals surface area contributed by atoms with E-state index in [1.165, 1.54) is 0 Å². The fraction of sp³-hybridized carbons (Fsp3) is 0.211. The number of nitrogens with one attached hydrogen (secondary N) is 1. The number of carboxylic acids is 1. The van der Waals surface area contributed by atoms with E-state index in [9.17, 15) is 14.7 Å². The molecule has 25 heavy (non-hydrogen) atoms. The first-order valence-corrected chi connectivity index (χ1v) is 7.72. The van der Waals surface area contributed by atoms with Crippen LogP contribution in [0.15, 0.2) is 54.6 Å². The van der Waals surface area contributed by atoms with Gasteiger partial charge in [0.15, 0.2) is 0 Å². The second-order valence-electron chi connectivity index (χ2n) is 5.41. The molecule has 0 aromatic heterocycles. The number of aliphatic carboxylic acids is 1. The van der Waals surface area contributed by atoms with Crippen LogP contribution in [0.25, 0.3) is 0 Å². The summed E-state index contributed by atoms with van der Waals surface area (Å²) in [5, 5.41) is 20.8. The summed E-state index contributed by atoms with van der Waals surface area (Å²) in [6, 6.07) is 17.0. The molecular formula is C19H18N2O4. The van der Waals surface area contributed by atoms with Crippen molar-refractivity contribution in [1.29, 1.82) is 5.26 Å². The fourth-order valence-electron chi connectivity index (χ4n) is 2.30. The number of rotatable bonds is 8. The Balaban J connectivity index is 1.89. The maximum atomic E-state index is 11.9. The molecule has 0 aliphatic rings. The molecule has 6 heteroatoms. The summed E-state index contributed by atoms with van der Waals surface area (Å²) in [6.45, 7) is 0.0296. The molecule has 2 N–H and O–H groups in total. The largest absolute Gasteiger partial charge is 0.480 e. The Labute approximate surface area is 145 Å². The lowest BCUT2D eigenvalue weighted by Crippen LogP contribution is -2.44. The lowest BCUT2D eigenvalue weighted by Gasteiger charge is -2.15. The van der Waals surface area contributed by atoms with Crippen molar-refractivity contribution in [2.45, 2.75) is 19.1 Å². The second-order valence-corrected chi connectivity index (χ2v) is 5.41. The van der Waals surface area contributed by atoms with Crippen molar-refractivity contribution >= 4 is 11.9 Å². The summed E-state index contributed by atoms with van der Waals surface area (Å²) in [7, 11) is 0. The van der Waals surface area contributed by atoms with E-state index in [1.807, 2.05) is 36.4 Å². The minimum Gasteiger partial charge on any atom is -0.480 e. The van der Waals surface area contributed by atoms with Gasteiger partial charge in [-0.1, -0.05) is 48.5 Å². The quantitative estimate of drug-likeness (QED) is 0.766. The number of carboxylic acid groups (broad SMARTS) is 1. The van der Waals surface area contributed by atoms with Gasteiger partial charge in [-0.25, -0.2) is 4.79 Å². The predicted octanol–water partition coefficient (Wildman–Crippen LogP) is 1.89. The van der Waals surface area contributed by atoms with Gasteiger partial charge in [-0.15, -0.1) is 0 Å². The molecule has 2 aromatic rings. The Bertz CT molecular complexity index is 768. The molecule has 0 saturated heterocycles. The second kappa shape index (κ2) is 9.21. The average Bonchev–Trinajstić information content (AvgIpc) is 2.62. The van der Waals surface area contributed by atoms with Gasteiger partial charge in [0.2, 0.25) is 5.91 Å². The van der Waals surface area contributed by atoms with Crippen molar-refractivity contribution in [1.82, 2.24) is 5.32 Å². The molecule has 2 aromatic carbocycles. The van der Waals surface area contributed by atoms with Gasteiger partial charge in [0.1, 0.15) is 12.6 Å². The smallest absolute Gasteiger partial charge is 0.326 e. The van der Waals surface area contributed by atoms with Crippen molar-refractivity contribution < 1.29 is 19.4 Å². The van der Waals surface area contributed by atoms with Gasteiger partial charge in [-0.3, -0.25) is 4.79 Å². The Morgan fingerprint density at radius 1 is 1.12 bits per heavy atom. The molecule has 0 saturated carbocycles. The third-order valence-electron chi connectivity index (χ3n) is 3.54. The van der Waals surface area contributed by atoms with Crippen molar-refractivity contribution in [3.8, 4) is 6.07 Å². The highest BCUT2D eigenvalue weighted by molar-refractivity contribution is 5.84. The maximum Gasteiger partial charge on any atom is 0.326 e. The molecule has 0 aliphatic heterocycles. The van der Waals surface area contributed by atoms with E-state index in [0.717, 1.165) is 5.56 Å². The van der Waals surface area contributed by atoms with E-state index >= 15 is 0 Å². The molecule has 0 fully saturated rings. The van der Waals surface area contributed by atoms with Gasteiger partial charge in [-0.2, -0.15) is 5.26 Å². The van der Waals surface area contributed by atoms with E-state index in [0.29, 0.717) is 11.1 Å². The first kappa shape index (κ1) is 18.2. The highest BCUT2D eigenvalue weighted by atomic mass is 16.5. The van der Waals surface area contributed by atoms with E-state index < -0.39 is 17.9 Å². The number of hydrogen-bond donors (Lipinski definition) is 2. The highest BCUT2D eigenvalue weighted by Crippen LogP contribution is 2.10. The average molecular weight is 338 g/mol. The summed E-state index contributed by atoms with van der Waals surface area (Å²) < 4.78 is 5.30. The minimum absolute atomic E-state index is 0.0312. The summed E-state index contributed by atoms with van der Waals surface area (Å²) in [5.74, 6) is -1.68. The first-order valence-electron chi connectivity index (χ1n) is 7.72. The Morgan fingerprint density at radius 2 is 1.80 bits per heavy atom. The third-order valence-corrected chi connectivity index (χ3v) is 3.54. The molecule has 0 heterocycles. The molecule has 2 rings (SSSR count). The van der Waals surface area contributed by atoms with E-state index in [-0.39, 0.29) is 19.6 Å². The summed E-state index contributed by atoms with van der Waals surface area (Å²) in [5.41, 5.74) is 1.89. The molecule has 6 nitrogen and oxygen atoms in total. The molecule has 0 radical (unpaired) electrons. The lowest BCUT2D eigenvalue weighted by molar-refractivity contribution is -0.142. The van der Waals surface area contributed by atoms with E-state index in [4.69, 9.17) is 10.00 Å². The van der Waals surface area contributed by atoms with Gasteiger partial charge in [0, 0.05) is 6.42 Å². The van der Waals surface area contributed by atoms with Crippen LogP contribution in [0.5, 0.6) is 0 Å². The molecule has 128 valence electrons. The standard InChI is InChI=1S/C19H18N2O4/c20-11-16-9-5-4-8-15(16)10-17(19(23)24)21-18(22)13-25-12-14-6-2-1-3-7-14/h1-9,17H,10,12-13H2,(H,21,22)(H,23,24)/t17-/m1/s1. The van der Waals surface area contributed by atoms with Gasteiger partial charge in [0.25, 0.3) is 0 Å². The number of ether oxygens (including phenoxy) is 1. The zero-order chi connectivity index (χ0) is 18.1.